The van der Waals surface area contributed by atoms with Crippen LogP contribution in [0.15, 0.2) is 41.5 Å². The Kier molecular flexibility index (Phi) is 7.23. The Morgan fingerprint density at radius 2 is 1.70 bits per heavy atom. The van der Waals surface area contributed by atoms with Crippen molar-refractivity contribution >= 4 is 5.97 Å². The molecule has 0 N–H and O–H groups in total. The molecule has 0 radical (unpaired) electrons. The van der Waals surface area contributed by atoms with Gasteiger partial charge in [0.2, 0.25) is 6.04 Å². The summed E-state index contributed by atoms with van der Waals surface area (Å²) in [6.45, 7) is 11.7. The molecule has 4 nitrogen and oxygen atoms in total. The number of benzene rings is 1. The normalized spacial score (nSPS) is 33.5. The van der Waals surface area contributed by atoms with Gasteiger partial charge in [0.15, 0.2) is 0 Å². The molecule has 0 aromatic heterocycles. The number of ether oxygens (including phenoxy) is 1. The molecule has 5 rings (SSSR count). The molecule has 2 unspecified atom stereocenters. The Morgan fingerprint density at radius 3 is 2.15 bits per heavy atom. The molecule has 0 amide bonds. The van der Waals surface area contributed by atoms with E-state index in [2.05, 4.69) is 42.1 Å². The molecule has 4 fully saturated rings. The van der Waals surface area contributed by atoms with Gasteiger partial charge in [0.1, 0.15) is 11.6 Å². The van der Waals surface area contributed by atoms with Crippen molar-refractivity contribution in [3.05, 3.63) is 58.5 Å². The van der Waals surface area contributed by atoms with E-state index in [1.807, 2.05) is 6.07 Å². The van der Waals surface area contributed by atoms with Crippen molar-refractivity contribution in [3.8, 4) is 6.07 Å². The summed E-state index contributed by atoms with van der Waals surface area (Å²) in [5.41, 5.74) is 2.97. The highest BCUT2D eigenvalue weighted by molar-refractivity contribution is 5.93. The Hall–Kier alpha value is -2.59. The van der Waals surface area contributed by atoms with Crippen molar-refractivity contribution in [2.45, 2.75) is 77.7 Å². The second-order valence-corrected chi connectivity index (χ2v) is 10.7. The molecular formula is C29H36N2O2. The maximum absolute atomic E-state index is 11.5. The zero-order chi connectivity index (χ0) is 23.4. The molecule has 4 saturated carbocycles. The monoisotopic (exact) mass is 444 g/mol. The number of rotatable bonds is 5. The van der Waals surface area contributed by atoms with Gasteiger partial charge < -0.3 is 9.58 Å². The van der Waals surface area contributed by atoms with E-state index in [-0.39, 0.29) is 17.0 Å². The molecular weight excluding hydrogens is 408 g/mol. The third-order valence-electron chi connectivity index (χ3n) is 8.93. The van der Waals surface area contributed by atoms with Gasteiger partial charge >= 0.3 is 5.97 Å². The van der Waals surface area contributed by atoms with Crippen molar-refractivity contribution in [3.63, 3.8) is 0 Å². The standard InChI is InChI=1S/C17H21N.C12H15NO2/c1-13(18-2)17(10-14-6-4-3-5-7-14)11-15-8-9-16(15)12-17;1-2-15-12(14)11(7-13)10-5-8-3-4-9(8)6-10/h3-7,13,15-16H,8-12H2,1H3;8-9H,2-6H2,1H3/t13?,15-,16+,17?;8-,9+. The molecule has 4 heteroatoms. The zero-order valence-electron chi connectivity index (χ0n) is 20.1. The topological polar surface area (TPSA) is 54.5 Å². The van der Waals surface area contributed by atoms with Gasteiger partial charge in [-0.05, 0) is 99.5 Å². The number of hydrogen-bond acceptors (Lipinski definition) is 3. The minimum Gasteiger partial charge on any atom is -0.462 e. The van der Waals surface area contributed by atoms with Gasteiger partial charge in [0.05, 0.1) is 6.61 Å². The van der Waals surface area contributed by atoms with Gasteiger partial charge in [-0.1, -0.05) is 30.3 Å². The highest BCUT2D eigenvalue weighted by atomic mass is 16.5. The smallest absolute Gasteiger partial charge is 0.348 e. The Morgan fingerprint density at radius 1 is 1.12 bits per heavy atom. The van der Waals surface area contributed by atoms with Crippen LogP contribution >= 0.6 is 0 Å². The summed E-state index contributed by atoms with van der Waals surface area (Å²) in [6, 6.07) is 12.9. The summed E-state index contributed by atoms with van der Waals surface area (Å²) in [4.78, 5) is 15.4. The van der Waals surface area contributed by atoms with Crippen LogP contribution in [0, 0.1) is 47.0 Å². The van der Waals surface area contributed by atoms with E-state index in [0.717, 1.165) is 48.5 Å². The van der Waals surface area contributed by atoms with Crippen LogP contribution in [0.25, 0.3) is 4.85 Å². The molecule has 1 aromatic rings. The minimum atomic E-state index is -0.434. The molecule has 0 aliphatic heterocycles. The van der Waals surface area contributed by atoms with E-state index in [1.165, 1.54) is 44.1 Å². The number of carbonyl (C=O) groups is 1. The SMILES string of the molecule is CCOC(=O)C(C#N)=C1C[C@H]2CC[C@H]2C1.[C-]#[N+]C(C)C1(Cc2ccccc2)C[C@H]2CC[C@H]2C1. The van der Waals surface area contributed by atoms with Gasteiger partial charge in [0.25, 0.3) is 0 Å². The van der Waals surface area contributed by atoms with E-state index in [0.29, 0.717) is 6.61 Å². The first-order chi connectivity index (χ1) is 16.0. The second-order valence-electron chi connectivity index (χ2n) is 10.7. The zero-order valence-corrected chi connectivity index (χ0v) is 20.1. The number of allylic oxidation sites excluding steroid dienone is 1. The van der Waals surface area contributed by atoms with Crippen LogP contribution in [-0.4, -0.2) is 18.6 Å². The summed E-state index contributed by atoms with van der Waals surface area (Å²) in [7, 11) is 0. The van der Waals surface area contributed by atoms with Gasteiger partial charge in [-0.2, -0.15) is 5.26 Å². The third kappa shape index (κ3) is 4.86. The average molecular weight is 445 g/mol. The van der Waals surface area contributed by atoms with E-state index < -0.39 is 5.97 Å². The number of carbonyl (C=O) groups excluding carboxylic acids is 1. The quantitative estimate of drug-likeness (QED) is 0.224. The van der Waals surface area contributed by atoms with Crippen LogP contribution in [0.1, 0.15) is 70.8 Å². The summed E-state index contributed by atoms with van der Waals surface area (Å²) in [5, 5.41) is 8.97. The molecule has 0 saturated heterocycles. The summed E-state index contributed by atoms with van der Waals surface area (Å²) < 4.78 is 4.88. The lowest BCUT2D eigenvalue weighted by molar-refractivity contribution is -0.138. The Bertz CT molecular complexity index is 942. The van der Waals surface area contributed by atoms with E-state index in [1.54, 1.807) is 6.92 Å². The van der Waals surface area contributed by atoms with Gasteiger partial charge in [-0.25, -0.2) is 11.4 Å². The molecule has 4 aliphatic rings. The van der Waals surface area contributed by atoms with Crippen LogP contribution in [0.3, 0.4) is 0 Å². The number of fused-ring (bicyclic) bond motifs is 2. The first-order valence-corrected chi connectivity index (χ1v) is 12.7. The molecule has 33 heavy (non-hydrogen) atoms. The first kappa shape index (κ1) is 23.6. The van der Waals surface area contributed by atoms with Gasteiger partial charge in [-0.3, -0.25) is 0 Å². The molecule has 0 bridgehead atoms. The maximum Gasteiger partial charge on any atom is 0.348 e. The number of nitrogens with zero attached hydrogens (tertiary/aromatic N) is 2. The number of nitriles is 1. The summed E-state index contributed by atoms with van der Waals surface area (Å²) in [6.07, 6.45) is 10.9. The average Bonchev–Trinajstić information content (AvgIpc) is 3.23. The fraction of sp³-hybridized carbons (Fsp3) is 0.621. The van der Waals surface area contributed by atoms with Crippen molar-refractivity contribution < 1.29 is 9.53 Å². The van der Waals surface area contributed by atoms with Crippen molar-refractivity contribution in [2.24, 2.45) is 29.1 Å². The molecule has 1 aromatic carbocycles. The third-order valence-corrected chi connectivity index (χ3v) is 8.93. The highest BCUT2D eigenvalue weighted by Gasteiger charge is 2.54. The number of esters is 1. The Balaban J connectivity index is 0.000000160. The van der Waals surface area contributed by atoms with E-state index in [9.17, 15) is 4.79 Å². The summed E-state index contributed by atoms with van der Waals surface area (Å²) >= 11 is 0. The van der Waals surface area contributed by atoms with Crippen LogP contribution < -0.4 is 0 Å². The lowest BCUT2D eigenvalue weighted by atomic mass is 9.74. The number of hydrogen-bond donors (Lipinski definition) is 0. The van der Waals surface area contributed by atoms with E-state index >= 15 is 0 Å². The summed E-state index contributed by atoms with van der Waals surface area (Å²) in [5.74, 6) is 2.89. The predicted molar refractivity (Wildman–Crippen MR) is 129 cm³/mol. The molecule has 4 aliphatic carbocycles. The van der Waals surface area contributed by atoms with Crippen molar-refractivity contribution in [1.82, 2.24) is 0 Å². The molecule has 6 atom stereocenters. The van der Waals surface area contributed by atoms with E-state index in [4.69, 9.17) is 16.6 Å². The molecule has 0 heterocycles. The van der Waals surface area contributed by atoms with Gasteiger partial charge in [0, 0.05) is 12.3 Å². The highest BCUT2D eigenvalue weighted by Crippen LogP contribution is 2.58. The minimum absolute atomic E-state index is 0.170. The lowest BCUT2D eigenvalue weighted by Crippen LogP contribution is -2.31. The largest absolute Gasteiger partial charge is 0.462 e. The second kappa shape index (κ2) is 10.1. The fourth-order valence-corrected chi connectivity index (χ4v) is 6.64. The Labute approximate surface area is 198 Å². The molecule has 0 spiro atoms. The van der Waals surface area contributed by atoms with Crippen molar-refractivity contribution in [2.75, 3.05) is 6.61 Å². The van der Waals surface area contributed by atoms with Gasteiger partial charge in [-0.15, -0.1) is 0 Å². The van der Waals surface area contributed by atoms with Crippen molar-refractivity contribution in [1.29, 1.82) is 5.26 Å². The van der Waals surface area contributed by atoms with Crippen LogP contribution in [-0.2, 0) is 16.0 Å². The lowest BCUT2D eigenvalue weighted by Gasteiger charge is -2.29. The predicted octanol–water partition coefficient (Wildman–Crippen LogP) is 6.53. The van der Waals surface area contributed by atoms with Crippen LogP contribution in [0.5, 0.6) is 0 Å². The maximum atomic E-state index is 11.5. The first-order valence-electron chi connectivity index (χ1n) is 12.7. The van der Waals surface area contributed by atoms with Crippen LogP contribution in [0.4, 0.5) is 0 Å². The fourth-order valence-electron chi connectivity index (χ4n) is 6.64. The molecule has 174 valence electrons. The van der Waals surface area contributed by atoms with Crippen LogP contribution in [0.2, 0.25) is 0 Å².